The van der Waals surface area contributed by atoms with Crippen molar-refractivity contribution in [3.05, 3.63) is 29.0 Å². The van der Waals surface area contributed by atoms with Crippen molar-refractivity contribution in [1.29, 1.82) is 0 Å². The van der Waals surface area contributed by atoms with E-state index in [-0.39, 0.29) is 24.8 Å². The number of carboxylic acids is 1. The van der Waals surface area contributed by atoms with Crippen LogP contribution in [0.1, 0.15) is 16.9 Å². The summed E-state index contributed by atoms with van der Waals surface area (Å²) in [4.78, 5) is 28.6. The van der Waals surface area contributed by atoms with Crippen LogP contribution in [0, 0.1) is 0 Å². The van der Waals surface area contributed by atoms with Crippen molar-refractivity contribution >= 4 is 23.5 Å². The molecular weight excluding hydrogens is 272 g/mol. The summed E-state index contributed by atoms with van der Waals surface area (Å²) in [6.07, 6.45) is 1.41. The van der Waals surface area contributed by atoms with Crippen LogP contribution in [-0.2, 0) is 9.53 Å². The Bertz CT molecular complexity index is 508. The second-order valence-corrected chi connectivity index (χ2v) is 4.70. The third-order valence-electron chi connectivity index (χ3n) is 3.08. The molecule has 6 nitrogen and oxygen atoms in total. The van der Waals surface area contributed by atoms with Gasteiger partial charge in [0, 0.05) is 31.3 Å². The predicted octanol–water partition coefficient (Wildman–Crippen LogP) is 1.05. The molecule has 0 aromatic carbocycles. The number of halogens is 1. The van der Waals surface area contributed by atoms with Crippen LogP contribution in [0.3, 0.4) is 0 Å². The maximum Gasteiger partial charge on any atom is 0.326 e. The van der Waals surface area contributed by atoms with Crippen LogP contribution in [-0.4, -0.2) is 52.7 Å². The monoisotopic (exact) mass is 284 g/mol. The largest absolute Gasteiger partial charge is 0.480 e. The Hall–Kier alpha value is -1.66. The van der Waals surface area contributed by atoms with Gasteiger partial charge in [0.25, 0.3) is 5.91 Å². The minimum absolute atomic E-state index is 0.135. The highest BCUT2D eigenvalue weighted by atomic mass is 35.5. The molecule has 0 spiro atoms. The summed E-state index contributed by atoms with van der Waals surface area (Å²) in [5.74, 6) is -1.50. The number of hydrogen-bond donors (Lipinski definition) is 1. The number of aromatic nitrogens is 1. The van der Waals surface area contributed by atoms with Gasteiger partial charge in [0.1, 0.15) is 11.7 Å². The number of carboxylic acid groups (broad SMARTS) is 1. The molecule has 2 heterocycles. The molecule has 1 N–H and O–H groups in total. The Kier molecular flexibility index (Phi) is 4.01. The molecule has 2 rings (SSSR count). The average Bonchev–Trinajstić information content (AvgIpc) is 2.82. The lowest BCUT2D eigenvalue weighted by Gasteiger charge is -2.20. The van der Waals surface area contributed by atoms with E-state index in [4.69, 9.17) is 21.4 Å². The van der Waals surface area contributed by atoms with Gasteiger partial charge in [-0.25, -0.2) is 4.79 Å². The van der Waals surface area contributed by atoms with Gasteiger partial charge >= 0.3 is 5.97 Å². The summed E-state index contributed by atoms with van der Waals surface area (Å²) in [5.41, 5.74) is 0.135. The molecule has 0 bridgehead atoms. The van der Waals surface area contributed by atoms with Crippen molar-refractivity contribution in [2.75, 3.05) is 13.7 Å². The van der Waals surface area contributed by atoms with Crippen LogP contribution in [0.5, 0.6) is 0 Å². The zero-order valence-corrected chi connectivity index (χ0v) is 11.0. The Morgan fingerprint density at radius 1 is 1.58 bits per heavy atom. The lowest BCUT2D eigenvalue weighted by Crippen LogP contribution is -2.40. The highest BCUT2D eigenvalue weighted by Crippen LogP contribution is 2.22. The second kappa shape index (κ2) is 5.54. The van der Waals surface area contributed by atoms with Gasteiger partial charge in [-0.1, -0.05) is 11.6 Å². The number of methoxy groups -OCH3 is 1. The third kappa shape index (κ3) is 2.85. The lowest BCUT2D eigenvalue weighted by atomic mass is 10.2. The zero-order valence-electron chi connectivity index (χ0n) is 10.2. The number of aliphatic carboxylic acids is 1. The van der Waals surface area contributed by atoms with Crippen molar-refractivity contribution in [3.8, 4) is 0 Å². The summed E-state index contributed by atoms with van der Waals surface area (Å²) in [6, 6.07) is 2.08. The molecule has 2 atom stereocenters. The van der Waals surface area contributed by atoms with Gasteiger partial charge in [0.05, 0.1) is 6.10 Å². The predicted molar refractivity (Wildman–Crippen MR) is 67.1 cm³/mol. The van der Waals surface area contributed by atoms with Crippen molar-refractivity contribution in [1.82, 2.24) is 9.88 Å². The van der Waals surface area contributed by atoms with Gasteiger partial charge in [-0.2, -0.15) is 0 Å². The lowest BCUT2D eigenvalue weighted by molar-refractivity contribution is -0.141. The van der Waals surface area contributed by atoms with Gasteiger partial charge in [-0.3, -0.25) is 9.78 Å². The van der Waals surface area contributed by atoms with Gasteiger partial charge in [-0.05, 0) is 12.1 Å². The molecule has 0 radical (unpaired) electrons. The van der Waals surface area contributed by atoms with Crippen LogP contribution in [0.15, 0.2) is 18.3 Å². The first-order valence-electron chi connectivity index (χ1n) is 5.71. The first kappa shape index (κ1) is 13.8. The van der Waals surface area contributed by atoms with Crippen molar-refractivity contribution in [2.45, 2.75) is 18.6 Å². The molecule has 19 heavy (non-hydrogen) atoms. The Morgan fingerprint density at radius 2 is 2.32 bits per heavy atom. The minimum Gasteiger partial charge on any atom is -0.480 e. The SMILES string of the molecule is COC1CC(C(=O)O)N(C(=O)c2cc(Cl)ccn2)C1. The van der Waals surface area contributed by atoms with E-state index in [2.05, 4.69) is 4.98 Å². The Labute approximate surface area is 114 Å². The smallest absolute Gasteiger partial charge is 0.326 e. The van der Waals surface area contributed by atoms with Crippen LogP contribution < -0.4 is 0 Å². The number of rotatable bonds is 3. The van der Waals surface area contributed by atoms with E-state index < -0.39 is 17.9 Å². The van der Waals surface area contributed by atoms with E-state index in [1.54, 1.807) is 6.07 Å². The van der Waals surface area contributed by atoms with Crippen LogP contribution >= 0.6 is 11.6 Å². The number of ether oxygens (including phenoxy) is 1. The third-order valence-corrected chi connectivity index (χ3v) is 3.32. The average molecular weight is 285 g/mol. The highest BCUT2D eigenvalue weighted by Gasteiger charge is 2.40. The molecule has 102 valence electrons. The molecule has 1 aromatic rings. The number of nitrogens with zero attached hydrogens (tertiary/aromatic N) is 2. The topological polar surface area (TPSA) is 79.7 Å². The van der Waals surface area contributed by atoms with E-state index in [1.807, 2.05) is 0 Å². The number of carbonyl (C=O) groups is 2. The van der Waals surface area contributed by atoms with Crippen LogP contribution in [0.25, 0.3) is 0 Å². The number of amides is 1. The normalized spacial score (nSPS) is 22.5. The molecule has 1 amide bonds. The van der Waals surface area contributed by atoms with Crippen molar-refractivity contribution in [2.24, 2.45) is 0 Å². The van der Waals surface area contributed by atoms with Gasteiger partial charge in [0.15, 0.2) is 0 Å². The van der Waals surface area contributed by atoms with E-state index >= 15 is 0 Å². The fourth-order valence-corrected chi connectivity index (χ4v) is 2.26. The number of pyridine rings is 1. The van der Waals surface area contributed by atoms with Crippen LogP contribution in [0.2, 0.25) is 5.02 Å². The second-order valence-electron chi connectivity index (χ2n) is 4.26. The molecular formula is C12H13ClN2O4. The Morgan fingerprint density at radius 3 is 2.89 bits per heavy atom. The fraction of sp³-hybridized carbons (Fsp3) is 0.417. The molecule has 7 heteroatoms. The number of carbonyl (C=O) groups excluding carboxylic acids is 1. The molecule has 1 aliphatic heterocycles. The summed E-state index contributed by atoms with van der Waals surface area (Å²) >= 11 is 5.80. The summed E-state index contributed by atoms with van der Waals surface area (Å²) in [7, 11) is 1.50. The first-order valence-corrected chi connectivity index (χ1v) is 6.09. The van der Waals surface area contributed by atoms with E-state index in [0.717, 1.165) is 0 Å². The van der Waals surface area contributed by atoms with Crippen LogP contribution in [0.4, 0.5) is 0 Å². The highest BCUT2D eigenvalue weighted by molar-refractivity contribution is 6.30. The van der Waals surface area contributed by atoms with E-state index in [0.29, 0.717) is 5.02 Å². The summed E-state index contributed by atoms with van der Waals surface area (Å²) in [5, 5.41) is 9.53. The van der Waals surface area contributed by atoms with Gasteiger partial charge in [-0.15, -0.1) is 0 Å². The fourth-order valence-electron chi connectivity index (χ4n) is 2.10. The summed E-state index contributed by atoms with van der Waals surface area (Å²) < 4.78 is 5.13. The molecule has 2 unspecified atom stereocenters. The molecule has 1 aliphatic rings. The molecule has 1 saturated heterocycles. The first-order chi connectivity index (χ1) is 9.02. The molecule has 1 aromatic heterocycles. The molecule has 0 aliphatic carbocycles. The van der Waals surface area contributed by atoms with Gasteiger partial charge < -0.3 is 14.7 Å². The quantitative estimate of drug-likeness (QED) is 0.897. The maximum atomic E-state index is 12.3. The Balaban J connectivity index is 2.24. The zero-order chi connectivity index (χ0) is 14.0. The molecule has 1 fully saturated rings. The standard InChI is InChI=1S/C12H13ClN2O4/c1-19-8-5-10(12(17)18)15(6-8)11(16)9-4-7(13)2-3-14-9/h2-4,8,10H,5-6H2,1H3,(H,17,18). The number of likely N-dealkylation sites (tertiary alicyclic amines) is 1. The van der Waals surface area contributed by atoms with Crippen molar-refractivity contribution in [3.63, 3.8) is 0 Å². The van der Waals surface area contributed by atoms with Crippen molar-refractivity contribution < 1.29 is 19.4 Å². The molecule has 0 saturated carbocycles. The van der Waals surface area contributed by atoms with Gasteiger partial charge in [0.2, 0.25) is 0 Å². The van der Waals surface area contributed by atoms with E-state index in [1.165, 1.54) is 24.3 Å². The van der Waals surface area contributed by atoms with E-state index in [9.17, 15) is 9.59 Å². The minimum atomic E-state index is -1.05. The maximum absolute atomic E-state index is 12.3. The number of hydrogen-bond acceptors (Lipinski definition) is 4. The summed E-state index contributed by atoms with van der Waals surface area (Å²) in [6.45, 7) is 0.237.